The number of halogens is 3. The highest BCUT2D eigenvalue weighted by atomic mass is 19.4. The molecule has 3 nitrogen and oxygen atoms in total. The van der Waals surface area contributed by atoms with Gasteiger partial charge in [-0.3, -0.25) is 0 Å². The Hall–Kier alpha value is -2.76. The lowest BCUT2D eigenvalue weighted by Crippen LogP contribution is -2.11. The molecule has 0 aliphatic carbocycles. The molecule has 0 N–H and O–H groups in total. The van der Waals surface area contributed by atoms with Crippen LogP contribution in [0.25, 0.3) is 17.0 Å². The molecule has 0 atom stereocenters. The Labute approximate surface area is 123 Å². The number of nitrogens with zero attached hydrogens (tertiary/aromatic N) is 1. The van der Waals surface area contributed by atoms with Gasteiger partial charge in [-0.05, 0) is 24.3 Å². The molecule has 2 aromatic carbocycles. The molecule has 0 spiro atoms. The Morgan fingerprint density at radius 2 is 1.55 bits per heavy atom. The van der Waals surface area contributed by atoms with Crippen LogP contribution in [0.1, 0.15) is 5.56 Å². The van der Waals surface area contributed by atoms with Gasteiger partial charge in [-0.1, -0.05) is 30.3 Å². The highest BCUT2D eigenvalue weighted by Gasteiger charge is 2.30. The minimum Gasteiger partial charge on any atom is -0.407 e. The van der Waals surface area contributed by atoms with Gasteiger partial charge >= 0.3 is 11.9 Å². The molecule has 3 rings (SSSR count). The average molecular weight is 305 g/mol. The number of rotatable bonds is 2. The van der Waals surface area contributed by atoms with Crippen molar-refractivity contribution in [3.05, 3.63) is 76.9 Å². The maximum absolute atomic E-state index is 12.5. The third-order valence-electron chi connectivity index (χ3n) is 3.17. The molecule has 0 aliphatic heterocycles. The molecule has 1 aromatic heterocycles. The Morgan fingerprint density at radius 1 is 0.909 bits per heavy atom. The van der Waals surface area contributed by atoms with Crippen molar-refractivity contribution < 1.29 is 17.6 Å². The van der Waals surface area contributed by atoms with Gasteiger partial charge in [0.2, 0.25) is 0 Å². The zero-order valence-electron chi connectivity index (χ0n) is 11.2. The van der Waals surface area contributed by atoms with Gasteiger partial charge < -0.3 is 4.42 Å². The molecule has 0 bridgehead atoms. The Bertz CT molecular complexity index is 830. The van der Waals surface area contributed by atoms with Crippen molar-refractivity contribution in [2.24, 2.45) is 0 Å². The standard InChI is InChI=1S/C16H10F3NO2/c17-16(18,19)12-6-8-13(9-7-12)20-10-14(22-15(20)21)11-4-2-1-3-5-11/h1-10H. The van der Waals surface area contributed by atoms with Crippen molar-refractivity contribution in [2.45, 2.75) is 6.18 Å². The van der Waals surface area contributed by atoms with Gasteiger partial charge in [0, 0.05) is 5.56 Å². The smallest absolute Gasteiger partial charge is 0.407 e. The second-order valence-electron chi connectivity index (χ2n) is 4.64. The van der Waals surface area contributed by atoms with Crippen LogP contribution < -0.4 is 5.76 Å². The fraction of sp³-hybridized carbons (Fsp3) is 0.0625. The summed E-state index contributed by atoms with van der Waals surface area (Å²) in [5, 5.41) is 0. The Morgan fingerprint density at radius 3 is 2.14 bits per heavy atom. The molecular weight excluding hydrogens is 295 g/mol. The van der Waals surface area contributed by atoms with E-state index >= 15 is 0 Å². The van der Waals surface area contributed by atoms with E-state index in [9.17, 15) is 18.0 Å². The maximum atomic E-state index is 12.5. The van der Waals surface area contributed by atoms with E-state index in [1.807, 2.05) is 6.07 Å². The molecule has 0 saturated carbocycles. The van der Waals surface area contributed by atoms with Crippen LogP contribution in [0.2, 0.25) is 0 Å². The van der Waals surface area contributed by atoms with E-state index in [0.29, 0.717) is 17.0 Å². The molecule has 0 saturated heterocycles. The first-order chi connectivity index (χ1) is 10.4. The van der Waals surface area contributed by atoms with Crippen molar-refractivity contribution >= 4 is 0 Å². The fourth-order valence-corrected chi connectivity index (χ4v) is 2.07. The molecule has 0 aliphatic rings. The van der Waals surface area contributed by atoms with Gasteiger partial charge in [0.15, 0.2) is 5.76 Å². The second kappa shape index (κ2) is 5.22. The molecule has 22 heavy (non-hydrogen) atoms. The van der Waals surface area contributed by atoms with Crippen LogP contribution in [0, 0.1) is 0 Å². The highest BCUT2D eigenvalue weighted by molar-refractivity contribution is 5.56. The zero-order valence-corrected chi connectivity index (χ0v) is 11.2. The lowest BCUT2D eigenvalue weighted by molar-refractivity contribution is -0.137. The van der Waals surface area contributed by atoms with E-state index in [1.54, 1.807) is 24.3 Å². The quantitative estimate of drug-likeness (QED) is 0.714. The molecule has 3 aromatic rings. The number of benzene rings is 2. The van der Waals surface area contributed by atoms with Crippen LogP contribution >= 0.6 is 0 Å². The summed E-state index contributed by atoms with van der Waals surface area (Å²) in [6, 6.07) is 13.3. The van der Waals surface area contributed by atoms with Gasteiger partial charge in [0.05, 0.1) is 17.4 Å². The summed E-state index contributed by atoms with van der Waals surface area (Å²) in [5.41, 5.74) is 0.255. The largest absolute Gasteiger partial charge is 0.424 e. The third-order valence-corrected chi connectivity index (χ3v) is 3.17. The first-order valence-electron chi connectivity index (χ1n) is 6.41. The van der Waals surface area contributed by atoms with Crippen molar-refractivity contribution in [2.75, 3.05) is 0 Å². The van der Waals surface area contributed by atoms with Gasteiger partial charge in [-0.2, -0.15) is 13.2 Å². The Balaban J connectivity index is 1.99. The zero-order chi connectivity index (χ0) is 15.7. The van der Waals surface area contributed by atoms with Gasteiger partial charge in [0.1, 0.15) is 0 Å². The molecule has 6 heteroatoms. The average Bonchev–Trinajstić information content (AvgIpc) is 2.89. The number of hydrogen-bond donors (Lipinski definition) is 0. The lowest BCUT2D eigenvalue weighted by Gasteiger charge is -2.07. The lowest BCUT2D eigenvalue weighted by atomic mass is 10.2. The fourth-order valence-electron chi connectivity index (χ4n) is 2.07. The number of oxazole rings is 1. The summed E-state index contributed by atoms with van der Waals surface area (Å²) < 4.78 is 43.9. The monoisotopic (exact) mass is 305 g/mol. The van der Waals surface area contributed by atoms with Crippen LogP contribution in [0.3, 0.4) is 0 Å². The summed E-state index contributed by atoms with van der Waals surface area (Å²) in [5.74, 6) is -0.302. The molecule has 0 unspecified atom stereocenters. The molecule has 0 fully saturated rings. The van der Waals surface area contributed by atoms with Gasteiger partial charge in [-0.25, -0.2) is 9.36 Å². The highest BCUT2D eigenvalue weighted by Crippen LogP contribution is 2.29. The summed E-state index contributed by atoms with van der Waals surface area (Å²) in [6.45, 7) is 0. The summed E-state index contributed by atoms with van der Waals surface area (Å²) >= 11 is 0. The topological polar surface area (TPSA) is 35.1 Å². The van der Waals surface area contributed by atoms with Crippen molar-refractivity contribution in [3.8, 4) is 17.0 Å². The minimum atomic E-state index is -4.41. The first-order valence-corrected chi connectivity index (χ1v) is 6.41. The second-order valence-corrected chi connectivity index (χ2v) is 4.64. The van der Waals surface area contributed by atoms with Crippen LogP contribution in [-0.4, -0.2) is 4.57 Å². The van der Waals surface area contributed by atoms with E-state index < -0.39 is 17.5 Å². The third kappa shape index (κ3) is 2.67. The molecule has 0 radical (unpaired) electrons. The predicted octanol–water partition coefficient (Wildman–Crippen LogP) is 4.12. The van der Waals surface area contributed by atoms with E-state index in [0.717, 1.165) is 12.1 Å². The molecule has 0 amide bonds. The normalized spacial score (nSPS) is 11.6. The molecular formula is C16H10F3NO2. The van der Waals surface area contributed by atoms with Gasteiger partial charge in [0.25, 0.3) is 0 Å². The van der Waals surface area contributed by atoms with Crippen LogP contribution in [0.15, 0.2) is 70.0 Å². The van der Waals surface area contributed by atoms with Crippen molar-refractivity contribution in [3.63, 3.8) is 0 Å². The van der Waals surface area contributed by atoms with Crippen LogP contribution in [0.5, 0.6) is 0 Å². The minimum absolute atomic E-state index is 0.309. The number of alkyl halides is 3. The SMILES string of the molecule is O=c1oc(-c2ccccc2)cn1-c1ccc(C(F)(F)F)cc1. The van der Waals surface area contributed by atoms with Crippen molar-refractivity contribution in [1.29, 1.82) is 0 Å². The van der Waals surface area contributed by atoms with Crippen molar-refractivity contribution in [1.82, 2.24) is 4.57 Å². The maximum Gasteiger partial charge on any atom is 0.424 e. The number of aromatic nitrogens is 1. The predicted molar refractivity (Wildman–Crippen MR) is 74.7 cm³/mol. The summed E-state index contributed by atoms with van der Waals surface area (Å²) in [4.78, 5) is 11.9. The van der Waals surface area contributed by atoms with Gasteiger partial charge in [-0.15, -0.1) is 0 Å². The van der Waals surface area contributed by atoms with E-state index in [4.69, 9.17) is 4.42 Å². The molecule has 112 valence electrons. The Kier molecular flexibility index (Phi) is 3.36. The van der Waals surface area contributed by atoms with Crippen LogP contribution in [0.4, 0.5) is 13.2 Å². The number of hydrogen-bond acceptors (Lipinski definition) is 2. The summed E-state index contributed by atoms with van der Waals surface area (Å²) in [7, 11) is 0. The summed E-state index contributed by atoms with van der Waals surface area (Å²) in [6.07, 6.45) is -2.95. The molecule has 1 heterocycles. The first kappa shape index (κ1) is 14.2. The van der Waals surface area contributed by atoms with E-state index in [2.05, 4.69) is 0 Å². The van der Waals surface area contributed by atoms with Crippen LogP contribution in [-0.2, 0) is 6.18 Å². The van der Waals surface area contributed by atoms with E-state index in [1.165, 1.54) is 22.9 Å². The van der Waals surface area contributed by atoms with E-state index in [-0.39, 0.29) is 0 Å².